The number of halogens is 2. The van der Waals surface area contributed by atoms with Gasteiger partial charge in [-0.2, -0.15) is 0 Å². The van der Waals surface area contributed by atoms with Crippen LogP contribution in [0, 0.1) is 11.6 Å². The number of amides is 1. The molecule has 1 aromatic heterocycles. The van der Waals surface area contributed by atoms with Crippen molar-refractivity contribution in [2.75, 3.05) is 11.0 Å². The second-order valence-corrected chi connectivity index (χ2v) is 10.0. The van der Waals surface area contributed by atoms with E-state index >= 15 is 0 Å². The summed E-state index contributed by atoms with van der Waals surface area (Å²) in [5, 5.41) is 54.6. The molecule has 1 aromatic carbocycles. The van der Waals surface area contributed by atoms with Gasteiger partial charge in [-0.1, -0.05) is 0 Å². The molecule has 0 saturated heterocycles. The zero-order valence-electron chi connectivity index (χ0n) is 17.3. The molecule has 0 fully saturated rings. The van der Waals surface area contributed by atoms with Crippen molar-refractivity contribution in [3.8, 4) is 0 Å². The molecule has 0 bridgehead atoms. The van der Waals surface area contributed by atoms with Gasteiger partial charge in [-0.05, 0) is 24.6 Å². The summed E-state index contributed by atoms with van der Waals surface area (Å²) in [6.07, 6.45) is -7.44. The lowest BCUT2D eigenvalue weighted by Gasteiger charge is -2.39. The van der Waals surface area contributed by atoms with E-state index in [1.54, 1.807) is 0 Å². The summed E-state index contributed by atoms with van der Waals surface area (Å²) in [7, 11) is -3.71. The molecule has 5 unspecified atom stereocenters. The summed E-state index contributed by atoms with van der Waals surface area (Å²) in [4.78, 5) is 16.4. The number of aliphatic hydroxyl groups excluding tert-OH is 4. The van der Waals surface area contributed by atoms with E-state index in [1.165, 1.54) is 6.92 Å². The molecule has 184 valence electrons. The third kappa shape index (κ3) is 7.10. The van der Waals surface area contributed by atoms with Gasteiger partial charge in [-0.15, -0.1) is 11.3 Å². The number of hydrogen-bond donors (Lipinski definition) is 7. The minimum absolute atomic E-state index is 0.200. The fraction of sp³-hybridized carbons (Fsp3) is 0.444. The lowest BCUT2D eigenvalue weighted by Crippen LogP contribution is -2.64. The van der Waals surface area contributed by atoms with Crippen molar-refractivity contribution in [3.05, 3.63) is 46.5 Å². The van der Waals surface area contributed by atoms with Crippen molar-refractivity contribution >= 4 is 32.4 Å². The average molecular weight is 512 g/mol. The summed E-state index contributed by atoms with van der Waals surface area (Å²) >= 11 is 0.712. The van der Waals surface area contributed by atoms with Gasteiger partial charge in [0.15, 0.2) is 10.9 Å². The first-order valence-electron chi connectivity index (χ1n) is 9.29. The Labute approximate surface area is 191 Å². The zero-order valence-corrected chi connectivity index (χ0v) is 18.9. The maximum atomic E-state index is 13.6. The number of nitrogens with zero attached hydrogens (tertiary/aromatic N) is 1. The first kappa shape index (κ1) is 27.0. The number of aromatic nitrogens is 1. The van der Waals surface area contributed by atoms with Crippen LogP contribution in [0.15, 0.2) is 23.6 Å². The SMILES string of the molecule is CC(O)CC(O)C(O)C(O)(NC(=O)c1csc(NS(C)(=O)=O)n1)C(O)c1cc(F)cc(F)c1. The second-order valence-electron chi connectivity index (χ2n) is 7.39. The van der Waals surface area contributed by atoms with Gasteiger partial charge in [0.1, 0.15) is 29.5 Å². The molecule has 0 saturated carbocycles. The molecule has 1 heterocycles. The first-order chi connectivity index (χ1) is 15.1. The Kier molecular flexibility index (Phi) is 8.45. The molecule has 33 heavy (non-hydrogen) atoms. The molecule has 2 aromatic rings. The van der Waals surface area contributed by atoms with Crippen LogP contribution in [-0.4, -0.2) is 75.1 Å². The average Bonchev–Trinajstić information content (AvgIpc) is 3.12. The van der Waals surface area contributed by atoms with Crippen molar-refractivity contribution in [2.24, 2.45) is 0 Å². The number of hydrogen-bond acceptors (Lipinski definition) is 10. The highest BCUT2D eigenvalue weighted by molar-refractivity contribution is 7.92. The molecule has 0 aliphatic heterocycles. The number of sulfonamides is 1. The summed E-state index contributed by atoms with van der Waals surface area (Å²) in [6.45, 7) is 1.26. The Morgan fingerprint density at radius 2 is 1.76 bits per heavy atom. The summed E-state index contributed by atoms with van der Waals surface area (Å²) in [5.74, 6) is -3.49. The van der Waals surface area contributed by atoms with Crippen molar-refractivity contribution < 1.29 is 47.5 Å². The Hall–Kier alpha value is -2.27. The molecular formula is C18H23F2N3O8S2. The third-order valence-electron chi connectivity index (χ3n) is 4.34. The molecule has 0 radical (unpaired) electrons. The van der Waals surface area contributed by atoms with Crippen LogP contribution in [0.5, 0.6) is 0 Å². The van der Waals surface area contributed by atoms with E-state index in [-0.39, 0.29) is 5.13 Å². The Morgan fingerprint density at radius 1 is 1.18 bits per heavy atom. The largest absolute Gasteiger partial charge is 0.393 e. The van der Waals surface area contributed by atoms with E-state index in [0.29, 0.717) is 29.5 Å². The van der Waals surface area contributed by atoms with Gasteiger partial charge in [0.25, 0.3) is 5.91 Å². The van der Waals surface area contributed by atoms with E-state index < -0.39 is 75.4 Å². The van der Waals surface area contributed by atoms with E-state index in [2.05, 4.69) is 4.98 Å². The van der Waals surface area contributed by atoms with Gasteiger partial charge >= 0.3 is 0 Å². The van der Waals surface area contributed by atoms with Gasteiger partial charge in [-0.25, -0.2) is 22.2 Å². The molecule has 1 amide bonds. The minimum Gasteiger partial charge on any atom is -0.393 e. The molecule has 15 heteroatoms. The lowest BCUT2D eigenvalue weighted by molar-refractivity contribution is -0.193. The maximum absolute atomic E-state index is 13.6. The van der Waals surface area contributed by atoms with Crippen molar-refractivity contribution in [3.63, 3.8) is 0 Å². The Balaban J connectivity index is 2.42. The predicted molar refractivity (Wildman–Crippen MR) is 113 cm³/mol. The van der Waals surface area contributed by atoms with Crippen molar-refractivity contribution in [2.45, 2.75) is 43.5 Å². The van der Waals surface area contributed by atoms with E-state index in [1.807, 2.05) is 10.0 Å². The fourth-order valence-corrected chi connectivity index (χ4v) is 4.44. The Morgan fingerprint density at radius 3 is 2.27 bits per heavy atom. The van der Waals surface area contributed by atoms with Gasteiger partial charge < -0.3 is 30.8 Å². The van der Waals surface area contributed by atoms with Crippen LogP contribution >= 0.6 is 11.3 Å². The van der Waals surface area contributed by atoms with E-state index in [0.717, 1.165) is 11.6 Å². The molecule has 0 aliphatic rings. The van der Waals surface area contributed by atoms with Crippen LogP contribution in [0.3, 0.4) is 0 Å². The third-order valence-corrected chi connectivity index (χ3v) is 5.79. The molecule has 5 atom stereocenters. The zero-order chi connectivity index (χ0) is 25.1. The summed E-state index contributed by atoms with van der Waals surface area (Å²) in [5.41, 5.74) is -4.16. The highest BCUT2D eigenvalue weighted by Crippen LogP contribution is 2.31. The number of thiazole rings is 1. The fourth-order valence-electron chi connectivity index (χ4n) is 2.89. The van der Waals surface area contributed by atoms with Crippen molar-refractivity contribution in [1.29, 1.82) is 0 Å². The van der Waals surface area contributed by atoms with Gasteiger partial charge in [-0.3, -0.25) is 9.52 Å². The van der Waals surface area contributed by atoms with E-state index in [9.17, 15) is 47.5 Å². The molecule has 2 rings (SSSR count). The van der Waals surface area contributed by atoms with Crippen LogP contribution in [-0.2, 0) is 10.0 Å². The highest BCUT2D eigenvalue weighted by Gasteiger charge is 2.48. The van der Waals surface area contributed by atoms with Gasteiger partial charge in [0.2, 0.25) is 10.0 Å². The maximum Gasteiger partial charge on any atom is 0.273 e. The molecule has 0 aliphatic carbocycles. The number of aliphatic hydroxyl groups is 5. The smallest absolute Gasteiger partial charge is 0.273 e. The van der Waals surface area contributed by atoms with E-state index in [4.69, 9.17) is 0 Å². The summed E-state index contributed by atoms with van der Waals surface area (Å²) in [6, 6.07) is 1.75. The number of anilines is 1. The first-order valence-corrected chi connectivity index (χ1v) is 12.1. The standard InChI is InChI=1S/C18H23F2N3O8S2/c1-8(24)3-13(25)15(27)18(29,14(26)9-4-10(19)6-11(20)5-9)22-16(28)12-7-32-17(21-12)23-33(2,30)31/h4-8,13-15,24-27,29H,3H2,1-2H3,(H,21,23)(H,22,28). The van der Waals surface area contributed by atoms with Gasteiger partial charge in [0.05, 0.1) is 18.5 Å². The Bertz CT molecular complexity index is 1080. The number of carbonyl (C=O) groups is 1. The molecule has 11 nitrogen and oxygen atoms in total. The van der Waals surface area contributed by atoms with Crippen LogP contribution < -0.4 is 10.0 Å². The van der Waals surface area contributed by atoms with Gasteiger partial charge in [0, 0.05) is 17.9 Å². The van der Waals surface area contributed by atoms with Crippen LogP contribution in [0.1, 0.15) is 35.5 Å². The number of rotatable bonds is 10. The lowest BCUT2D eigenvalue weighted by atomic mass is 9.88. The summed E-state index contributed by atoms with van der Waals surface area (Å²) < 4.78 is 51.9. The molecule has 0 spiro atoms. The van der Waals surface area contributed by atoms with Crippen molar-refractivity contribution in [1.82, 2.24) is 10.3 Å². The number of carbonyl (C=O) groups excluding carboxylic acids is 1. The molecule has 7 N–H and O–H groups in total. The van der Waals surface area contributed by atoms with Crippen LogP contribution in [0.4, 0.5) is 13.9 Å². The van der Waals surface area contributed by atoms with Crippen LogP contribution in [0.2, 0.25) is 0 Å². The quantitative estimate of drug-likeness (QED) is 0.205. The topological polar surface area (TPSA) is 189 Å². The number of nitrogens with one attached hydrogen (secondary N) is 2. The van der Waals surface area contributed by atoms with Crippen LogP contribution in [0.25, 0.3) is 0 Å². The highest BCUT2D eigenvalue weighted by atomic mass is 32.2. The normalized spacial score (nSPS) is 17.5. The monoisotopic (exact) mass is 511 g/mol. The molecular weight excluding hydrogens is 488 g/mol. The second kappa shape index (κ2) is 10.3. The predicted octanol–water partition coefficient (Wildman–Crippen LogP) is -0.563. The minimum atomic E-state index is -3.71. The number of benzene rings is 1.